The highest BCUT2D eigenvalue weighted by molar-refractivity contribution is 7.14. The van der Waals surface area contributed by atoms with E-state index in [-0.39, 0.29) is 12.5 Å². The van der Waals surface area contributed by atoms with Crippen LogP contribution in [-0.4, -0.2) is 23.5 Å². The fourth-order valence-electron chi connectivity index (χ4n) is 2.52. The van der Waals surface area contributed by atoms with Crippen molar-refractivity contribution in [1.29, 1.82) is 0 Å². The summed E-state index contributed by atoms with van der Waals surface area (Å²) in [5.74, 6) is -0.329. The molecule has 0 spiro atoms. The van der Waals surface area contributed by atoms with Crippen LogP contribution in [0.25, 0.3) is 0 Å². The van der Waals surface area contributed by atoms with E-state index in [1.54, 1.807) is 25.2 Å². The SMILES string of the molecule is CCC1CCc2sc(C(=O)NCC(C)(C)C(=O)O)cc2C1. The van der Waals surface area contributed by atoms with Crippen LogP contribution < -0.4 is 5.32 Å². The van der Waals surface area contributed by atoms with Gasteiger partial charge < -0.3 is 10.4 Å². The minimum absolute atomic E-state index is 0.140. The van der Waals surface area contributed by atoms with Crippen molar-refractivity contribution in [3.05, 3.63) is 21.4 Å². The monoisotopic (exact) mass is 309 g/mol. The van der Waals surface area contributed by atoms with Crippen LogP contribution in [0.2, 0.25) is 0 Å². The maximum atomic E-state index is 12.2. The molecule has 1 aliphatic rings. The molecule has 1 aromatic rings. The predicted molar refractivity (Wildman–Crippen MR) is 83.9 cm³/mol. The standard InChI is InChI=1S/C16H23NO3S/c1-4-10-5-6-12-11(7-10)8-13(21-12)14(18)17-9-16(2,3)15(19)20/h8,10H,4-7,9H2,1-3H3,(H,17,18)(H,19,20). The van der Waals surface area contributed by atoms with E-state index in [9.17, 15) is 9.59 Å². The lowest BCUT2D eigenvalue weighted by Gasteiger charge is -2.19. The van der Waals surface area contributed by atoms with Gasteiger partial charge in [-0.25, -0.2) is 0 Å². The molecule has 1 amide bonds. The Bertz CT molecular complexity index is 548. The highest BCUT2D eigenvalue weighted by atomic mass is 32.1. The second kappa shape index (κ2) is 6.18. The first-order chi connectivity index (χ1) is 9.83. The molecular formula is C16H23NO3S. The number of carbonyl (C=O) groups is 2. The minimum atomic E-state index is -0.945. The van der Waals surface area contributed by atoms with E-state index in [1.165, 1.54) is 23.3 Å². The van der Waals surface area contributed by atoms with E-state index in [0.717, 1.165) is 18.8 Å². The van der Waals surface area contributed by atoms with Crippen molar-refractivity contribution < 1.29 is 14.7 Å². The number of amides is 1. The van der Waals surface area contributed by atoms with Crippen LogP contribution >= 0.6 is 11.3 Å². The van der Waals surface area contributed by atoms with Gasteiger partial charge >= 0.3 is 5.97 Å². The van der Waals surface area contributed by atoms with E-state index in [1.807, 2.05) is 6.07 Å². The zero-order valence-electron chi connectivity index (χ0n) is 12.9. The number of carbonyl (C=O) groups excluding carboxylic acids is 1. The van der Waals surface area contributed by atoms with Crippen LogP contribution in [0, 0.1) is 11.3 Å². The largest absolute Gasteiger partial charge is 0.481 e. The number of carboxylic acids is 1. The molecule has 116 valence electrons. The summed E-state index contributed by atoms with van der Waals surface area (Å²) in [6, 6.07) is 1.99. The van der Waals surface area contributed by atoms with Gasteiger partial charge in [-0.05, 0) is 50.7 Å². The van der Waals surface area contributed by atoms with E-state index >= 15 is 0 Å². The Balaban J connectivity index is 2.01. The summed E-state index contributed by atoms with van der Waals surface area (Å²) < 4.78 is 0. The van der Waals surface area contributed by atoms with E-state index in [2.05, 4.69) is 12.2 Å². The van der Waals surface area contributed by atoms with Crippen LogP contribution in [0.4, 0.5) is 0 Å². The molecule has 1 aromatic heterocycles. The Morgan fingerprint density at radius 1 is 1.48 bits per heavy atom. The smallest absolute Gasteiger partial charge is 0.310 e. The van der Waals surface area contributed by atoms with Gasteiger partial charge in [-0.2, -0.15) is 0 Å². The van der Waals surface area contributed by atoms with Gasteiger partial charge in [0.2, 0.25) is 0 Å². The van der Waals surface area contributed by atoms with Gasteiger partial charge in [-0.1, -0.05) is 13.3 Å². The van der Waals surface area contributed by atoms with Gasteiger partial charge in [-0.15, -0.1) is 11.3 Å². The Morgan fingerprint density at radius 3 is 2.81 bits per heavy atom. The number of aliphatic carboxylic acids is 1. The quantitative estimate of drug-likeness (QED) is 0.878. The Morgan fingerprint density at radius 2 is 2.19 bits per heavy atom. The lowest BCUT2D eigenvalue weighted by molar-refractivity contribution is -0.146. The van der Waals surface area contributed by atoms with Gasteiger partial charge in [-0.3, -0.25) is 9.59 Å². The molecule has 0 fully saturated rings. The lowest BCUT2D eigenvalue weighted by atomic mass is 9.87. The van der Waals surface area contributed by atoms with Crippen molar-refractivity contribution in [2.75, 3.05) is 6.54 Å². The number of thiophene rings is 1. The van der Waals surface area contributed by atoms with Crippen molar-refractivity contribution in [1.82, 2.24) is 5.32 Å². The number of rotatable bonds is 5. The zero-order valence-corrected chi connectivity index (χ0v) is 13.7. The maximum absolute atomic E-state index is 12.2. The van der Waals surface area contributed by atoms with Crippen molar-refractivity contribution in [2.24, 2.45) is 11.3 Å². The first-order valence-electron chi connectivity index (χ1n) is 7.46. The van der Waals surface area contributed by atoms with Crippen molar-refractivity contribution in [3.63, 3.8) is 0 Å². The molecule has 2 N–H and O–H groups in total. The van der Waals surface area contributed by atoms with Gasteiger partial charge in [0.05, 0.1) is 10.3 Å². The number of hydrogen-bond acceptors (Lipinski definition) is 3. The molecule has 5 heteroatoms. The third-order valence-electron chi connectivity index (χ3n) is 4.26. The van der Waals surface area contributed by atoms with Crippen LogP contribution in [0.15, 0.2) is 6.07 Å². The molecule has 21 heavy (non-hydrogen) atoms. The summed E-state index contributed by atoms with van der Waals surface area (Å²) in [6.45, 7) is 5.58. The molecule has 2 rings (SSSR count). The molecule has 1 heterocycles. The third kappa shape index (κ3) is 3.64. The summed E-state index contributed by atoms with van der Waals surface area (Å²) in [5.41, 5.74) is 0.362. The fraction of sp³-hybridized carbons (Fsp3) is 0.625. The molecule has 0 saturated carbocycles. The highest BCUT2D eigenvalue weighted by Gasteiger charge is 2.28. The van der Waals surface area contributed by atoms with Gasteiger partial charge in [0, 0.05) is 11.4 Å². The summed E-state index contributed by atoms with van der Waals surface area (Å²) in [5, 5.41) is 11.8. The first-order valence-corrected chi connectivity index (χ1v) is 8.28. The summed E-state index contributed by atoms with van der Waals surface area (Å²) in [6.07, 6.45) is 4.52. The molecule has 0 aromatic carbocycles. The Kier molecular flexibility index (Phi) is 4.71. The van der Waals surface area contributed by atoms with Gasteiger partial charge in [0.15, 0.2) is 0 Å². The Hall–Kier alpha value is -1.36. The predicted octanol–water partition coefficient (Wildman–Crippen LogP) is 3.10. The fourth-order valence-corrected chi connectivity index (χ4v) is 3.65. The molecule has 0 radical (unpaired) electrons. The average molecular weight is 309 g/mol. The van der Waals surface area contributed by atoms with Crippen LogP contribution in [0.3, 0.4) is 0 Å². The number of nitrogens with one attached hydrogen (secondary N) is 1. The molecule has 4 nitrogen and oxygen atoms in total. The van der Waals surface area contributed by atoms with E-state index in [4.69, 9.17) is 5.11 Å². The Labute approximate surface area is 129 Å². The van der Waals surface area contributed by atoms with Gasteiger partial charge in [0.1, 0.15) is 0 Å². The second-order valence-corrected chi connectivity index (χ2v) is 7.58. The topological polar surface area (TPSA) is 66.4 Å². The minimum Gasteiger partial charge on any atom is -0.481 e. The second-order valence-electron chi connectivity index (χ2n) is 6.45. The van der Waals surface area contributed by atoms with Crippen molar-refractivity contribution in [3.8, 4) is 0 Å². The lowest BCUT2D eigenvalue weighted by Crippen LogP contribution is -2.38. The molecule has 1 atom stereocenters. The average Bonchev–Trinajstić information content (AvgIpc) is 2.87. The molecule has 1 aliphatic carbocycles. The molecule has 1 unspecified atom stereocenters. The molecule has 0 bridgehead atoms. The maximum Gasteiger partial charge on any atom is 0.310 e. The highest BCUT2D eigenvalue weighted by Crippen LogP contribution is 2.33. The molecular weight excluding hydrogens is 286 g/mol. The van der Waals surface area contributed by atoms with Crippen LogP contribution in [0.5, 0.6) is 0 Å². The first kappa shape index (κ1) is 16.0. The summed E-state index contributed by atoms with van der Waals surface area (Å²) in [4.78, 5) is 25.3. The number of aryl methyl sites for hydroxylation is 1. The number of carboxylic acid groups (broad SMARTS) is 1. The zero-order chi connectivity index (χ0) is 15.6. The van der Waals surface area contributed by atoms with Gasteiger partial charge in [0.25, 0.3) is 5.91 Å². The van der Waals surface area contributed by atoms with Crippen molar-refractivity contribution >= 4 is 23.2 Å². The van der Waals surface area contributed by atoms with E-state index in [0.29, 0.717) is 4.88 Å². The normalized spacial score (nSPS) is 18.1. The van der Waals surface area contributed by atoms with Crippen LogP contribution in [0.1, 0.15) is 53.7 Å². The molecule has 0 aliphatic heterocycles. The third-order valence-corrected chi connectivity index (χ3v) is 5.49. The summed E-state index contributed by atoms with van der Waals surface area (Å²) in [7, 11) is 0. The van der Waals surface area contributed by atoms with E-state index < -0.39 is 11.4 Å². The number of fused-ring (bicyclic) bond motifs is 1. The summed E-state index contributed by atoms with van der Waals surface area (Å²) >= 11 is 1.56. The van der Waals surface area contributed by atoms with Crippen molar-refractivity contribution in [2.45, 2.75) is 46.5 Å². The number of hydrogen-bond donors (Lipinski definition) is 2. The molecule has 0 saturated heterocycles. The van der Waals surface area contributed by atoms with Crippen LogP contribution in [-0.2, 0) is 17.6 Å².